The second-order valence-electron chi connectivity index (χ2n) is 7.26. The second-order valence-corrected chi connectivity index (χ2v) is 8.11. The van der Waals surface area contributed by atoms with Gasteiger partial charge in [0.25, 0.3) is 0 Å². The van der Waals surface area contributed by atoms with Crippen LogP contribution in [0, 0.1) is 0 Å². The first-order chi connectivity index (χ1) is 15.2. The summed E-state index contributed by atoms with van der Waals surface area (Å²) in [6, 6.07) is 11.9. The van der Waals surface area contributed by atoms with Gasteiger partial charge in [-0.3, -0.25) is 9.59 Å². The Kier molecular flexibility index (Phi) is 5.84. The van der Waals surface area contributed by atoms with Crippen molar-refractivity contribution in [2.75, 3.05) is 5.32 Å². The lowest BCUT2D eigenvalue weighted by Gasteiger charge is -2.32. The molecule has 1 aliphatic rings. The number of halogens is 3. The van der Waals surface area contributed by atoms with E-state index in [1.165, 1.54) is 24.0 Å². The molecule has 5 nitrogen and oxygen atoms in total. The number of carbonyl (C=O) groups is 2. The molecule has 0 saturated heterocycles. The van der Waals surface area contributed by atoms with Crippen molar-refractivity contribution in [1.82, 2.24) is 9.88 Å². The lowest BCUT2D eigenvalue weighted by Crippen LogP contribution is -2.33. The Morgan fingerprint density at radius 1 is 1.16 bits per heavy atom. The van der Waals surface area contributed by atoms with Crippen molar-refractivity contribution >= 4 is 34.4 Å². The molecule has 1 unspecified atom stereocenters. The molecule has 1 atom stereocenters. The maximum atomic E-state index is 13.0. The van der Waals surface area contributed by atoms with Crippen molar-refractivity contribution in [3.05, 3.63) is 76.8 Å². The van der Waals surface area contributed by atoms with Crippen LogP contribution in [-0.4, -0.2) is 21.7 Å². The summed E-state index contributed by atoms with van der Waals surface area (Å²) in [6.45, 7) is 1.44. The maximum Gasteiger partial charge on any atom is 0.416 e. The third-order valence-electron chi connectivity index (χ3n) is 5.08. The number of benzene rings is 2. The number of hydrogen-bond acceptors (Lipinski definition) is 4. The van der Waals surface area contributed by atoms with Crippen molar-refractivity contribution in [1.29, 1.82) is 0 Å². The zero-order valence-corrected chi connectivity index (χ0v) is 17.7. The number of amides is 2. The van der Waals surface area contributed by atoms with Gasteiger partial charge in [0, 0.05) is 24.1 Å². The molecule has 0 fully saturated rings. The molecule has 32 heavy (non-hydrogen) atoms. The average Bonchev–Trinajstić information content (AvgIpc) is 3.21. The Bertz CT molecular complexity index is 1200. The molecule has 0 spiro atoms. The molecule has 0 bridgehead atoms. The van der Waals surface area contributed by atoms with Crippen molar-refractivity contribution in [3.8, 4) is 11.3 Å². The molecule has 164 valence electrons. The van der Waals surface area contributed by atoms with Crippen LogP contribution in [0.4, 0.5) is 18.3 Å². The zero-order valence-electron chi connectivity index (χ0n) is 16.9. The number of rotatable bonds is 4. The fourth-order valence-electron chi connectivity index (χ4n) is 3.58. The van der Waals surface area contributed by atoms with Crippen molar-refractivity contribution < 1.29 is 22.8 Å². The van der Waals surface area contributed by atoms with E-state index in [1.54, 1.807) is 11.6 Å². The highest BCUT2D eigenvalue weighted by Crippen LogP contribution is 2.35. The highest BCUT2D eigenvalue weighted by atomic mass is 32.1. The molecule has 0 aliphatic carbocycles. The van der Waals surface area contributed by atoms with Gasteiger partial charge in [-0.15, -0.1) is 11.3 Å². The van der Waals surface area contributed by atoms with Crippen LogP contribution in [0.1, 0.15) is 36.1 Å². The first-order valence-electron chi connectivity index (χ1n) is 9.71. The minimum Gasteiger partial charge on any atom is -0.311 e. The summed E-state index contributed by atoms with van der Waals surface area (Å²) in [4.78, 5) is 30.6. The summed E-state index contributed by atoms with van der Waals surface area (Å²) in [7, 11) is 0. The molecule has 3 aromatic rings. The van der Waals surface area contributed by atoms with Crippen LogP contribution in [0.2, 0.25) is 0 Å². The minimum atomic E-state index is -4.45. The lowest BCUT2D eigenvalue weighted by atomic mass is 9.93. The fraction of sp³-hybridized carbons (Fsp3) is 0.174. The van der Waals surface area contributed by atoms with Gasteiger partial charge < -0.3 is 10.2 Å². The number of anilines is 1. The van der Waals surface area contributed by atoms with Gasteiger partial charge in [0.1, 0.15) is 0 Å². The second kappa shape index (κ2) is 8.58. The maximum absolute atomic E-state index is 13.0. The molecule has 4 rings (SSSR count). The third kappa shape index (κ3) is 4.57. The van der Waals surface area contributed by atoms with Crippen molar-refractivity contribution in [2.45, 2.75) is 25.6 Å². The van der Waals surface area contributed by atoms with Crippen LogP contribution in [0.5, 0.6) is 0 Å². The smallest absolute Gasteiger partial charge is 0.311 e. The van der Waals surface area contributed by atoms with Gasteiger partial charge in [0.2, 0.25) is 11.8 Å². The molecule has 1 aromatic heterocycles. The molecule has 1 N–H and O–H groups in total. The summed E-state index contributed by atoms with van der Waals surface area (Å²) in [5.74, 6) is -0.536. The Morgan fingerprint density at radius 2 is 1.94 bits per heavy atom. The molecule has 2 aromatic carbocycles. The molecule has 0 saturated carbocycles. The third-order valence-corrected chi connectivity index (χ3v) is 5.84. The van der Waals surface area contributed by atoms with Gasteiger partial charge in [-0.05, 0) is 29.3 Å². The van der Waals surface area contributed by atoms with Gasteiger partial charge in [0.05, 0.1) is 23.7 Å². The number of nitrogens with one attached hydrogen (secondary N) is 1. The Labute approximate surface area is 186 Å². The van der Waals surface area contributed by atoms with Gasteiger partial charge in [-0.2, -0.15) is 13.2 Å². The topological polar surface area (TPSA) is 62.3 Å². The number of alkyl halides is 3. The number of nitrogens with zero attached hydrogens (tertiary/aromatic N) is 2. The molecule has 2 amide bonds. The highest BCUT2D eigenvalue weighted by molar-refractivity contribution is 7.14. The van der Waals surface area contributed by atoms with E-state index in [0.29, 0.717) is 11.3 Å². The number of aromatic nitrogens is 1. The number of hydrogen-bond donors (Lipinski definition) is 1. The van der Waals surface area contributed by atoms with Crippen molar-refractivity contribution in [2.24, 2.45) is 0 Å². The molecule has 9 heteroatoms. The van der Waals surface area contributed by atoms with Crippen LogP contribution in [0.3, 0.4) is 0 Å². The summed E-state index contributed by atoms with van der Waals surface area (Å²) >= 11 is 1.12. The number of carbonyl (C=O) groups excluding carboxylic acids is 2. The van der Waals surface area contributed by atoms with E-state index in [2.05, 4.69) is 10.3 Å². The Balaban J connectivity index is 1.50. The summed E-state index contributed by atoms with van der Waals surface area (Å²) in [6.07, 6.45) is -0.944. The van der Waals surface area contributed by atoms with Crippen LogP contribution in [-0.2, 0) is 15.8 Å². The SMILES string of the molecule is CC(=O)N1C=Cc2ccccc2C1CC(=O)Nc1nc(-c2cccc(C(F)(F)F)c2)cs1. The fourth-order valence-corrected chi connectivity index (χ4v) is 4.31. The summed E-state index contributed by atoms with van der Waals surface area (Å²) < 4.78 is 38.9. The van der Waals surface area contributed by atoms with E-state index < -0.39 is 17.8 Å². The molecule has 2 heterocycles. The standard InChI is InChI=1S/C23H18F3N3O2S/c1-14(30)29-10-9-15-5-2-3-8-18(15)20(29)12-21(31)28-22-27-19(13-32-22)16-6-4-7-17(11-16)23(24,25)26/h2-11,13,20H,12H2,1H3,(H,27,28,31). The normalized spacial score (nSPS) is 15.4. The number of thiazole rings is 1. The molecule has 1 aliphatic heterocycles. The van der Waals surface area contributed by atoms with E-state index >= 15 is 0 Å². The van der Waals surface area contributed by atoms with Gasteiger partial charge in [-0.1, -0.05) is 36.4 Å². The molecule has 0 radical (unpaired) electrons. The predicted molar refractivity (Wildman–Crippen MR) is 117 cm³/mol. The van der Waals surface area contributed by atoms with E-state index in [1.807, 2.05) is 30.3 Å². The van der Waals surface area contributed by atoms with Crippen LogP contribution < -0.4 is 5.32 Å². The van der Waals surface area contributed by atoms with Crippen LogP contribution >= 0.6 is 11.3 Å². The Morgan fingerprint density at radius 3 is 2.69 bits per heavy atom. The van der Waals surface area contributed by atoms with E-state index in [4.69, 9.17) is 0 Å². The quantitative estimate of drug-likeness (QED) is 0.544. The van der Waals surface area contributed by atoms with E-state index in [9.17, 15) is 22.8 Å². The number of fused-ring (bicyclic) bond motifs is 1. The van der Waals surface area contributed by atoms with Crippen molar-refractivity contribution in [3.63, 3.8) is 0 Å². The van der Waals surface area contributed by atoms with Crippen LogP contribution in [0.15, 0.2) is 60.1 Å². The zero-order chi connectivity index (χ0) is 22.9. The first kappa shape index (κ1) is 21.8. The minimum absolute atomic E-state index is 0.0133. The van der Waals surface area contributed by atoms with E-state index in [-0.39, 0.29) is 23.4 Å². The van der Waals surface area contributed by atoms with Gasteiger partial charge >= 0.3 is 6.18 Å². The predicted octanol–water partition coefficient (Wildman–Crippen LogP) is 5.73. The van der Waals surface area contributed by atoms with Gasteiger partial charge in [0.15, 0.2) is 5.13 Å². The summed E-state index contributed by atoms with van der Waals surface area (Å²) in [5.41, 5.74) is 1.69. The Hall–Kier alpha value is -3.46. The lowest BCUT2D eigenvalue weighted by molar-refractivity contribution is -0.137. The molecular formula is C23H18F3N3O2S. The van der Waals surface area contributed by atoms with Crippen LogP contribution in [0.25, 0.3) is 17.3 Å². The highest BCUT2D eigenvalue weighted by Gasteiger charge is 2.31. The largest absolute Gasteiger partial charge is 0.416 e. The molecular weight excluding hydrogens is 439 g/mol. The van der Waals surface area contributed by atoms with Gasteiger partial charge in [-0.25, -0.2) is 4.98 Å². The average molecular weight is 457 g/mol. The van der Waals surface area contributed by atoms with E-state index in [0.717, 1.165) is 34.6 Å². The summed E-state index contributed by atoms with van der Waals surface area (Å²) in [5, 5.41) is 4.56. The first-order valence-corrected chi connectivity index (χ1v) is 10.6. The monoisotopic (exact) mass is 457 g/mol.